The molecule has 0 aliphatic carbocycles. The van der Waals surface area contributed by atoms with Gasteiger partial charge in [0.15, 0.2) is 0 Å². The first kappa shape index (κ1) is 21.2. The fraction of sp³-hybridized carbons (Fsp3) is 0.619. The van der Waals surface area contributed by atoms with Crippen LogP contribution >= 0.6 is 0 Å². The van der Waals surface area contributed by atoms with E-state index in [0.29, 0.717) is 23.8 Å². The first-order valence-corrected chi connectivity index (χ1v) is 9.35. The Morgan fingerprint density at radius 2 is 1.52 bits per heavy atom. The van der Waals surface area contributed by atoms with E-state index in [9.17, 15) is 19.8 Å². The Morgan fingerprint density at radius 1 is 0.880 bits per heavy atom. The molecule has 0 unspecified atom stereocenters. The molecule has 1 rings (SSSR count). The molecule has 0 bridgehead atoms. The lowest BCUT2D eigenvalue weighted by Gasteiger charge is -2.16. The quantitative estimate of drug-likeness (QED) is 0.523. The van der Waals surface area contributed by atoms with Gasteiger partial charge in [0.25, 0.3) is 0 Å². The topological polar surface area (TPSA) is 74.6 Å². The zero-order chi connectivity index (χ0) is 19.0. The van der Waals surface area contributed by atoms with Crippen LogP contribution in [0.5, 0.6) is 0 Å². The van der Waals surface area contributed by atoms with E-state index in [-0.39, 0.29) is 11.1 Å². The monoisotopic (exact) mass is 348 g/mol. The second-order valence-corrected chi connectivity index (χ2v) is 7.68. The fourth-order valence-corrected chi connectivity index (χ4v) is 3.24. The molecule has 0 atom stereocenters. The molecule has 0 aliphatic rings. The van der Waals surface area contributed by atoms with Crippen LogP contribution in [-0.2, 0) is 12.8 Å². The van der Waals surface area contributed by atoms with E-state index in [2.05, 4.69) is 27.7 Å². The predicted molar refractivity (Wildman–Crippen MR) is 101 cm³/mol. The van der Waals surface area contributed by atoms with E-state index in [1.165, 1.54) is 18.9 Å². The van der Waals surface area contributed by atoms with Gasteiger partial charge in [0.05, 0.1) is 11.1 Å². The van der Waals surface area contributed by atoms with Crippen molar-refractivity contribution in [2.24, 2.45) is 11.8 Å². The molecule has 0 radical (unpaired) electrons. The third-order valence-electron chi connectivity index (χ3n) is 4.44. The van der Waals surface area contributed by atoms with E-state index in [1.807, 2.05) is 0 Å². The first-order valence-electron chi connectivity index (χ1n) is 9.35. The second kappa shape index (κ2) is 10.2. The van der Waals surface area contributed by atoms with Crippen molar-refractivity contribution in [1.29, 1.82) is 0 Å². The number of carboxylic acids is 2. The number of hydrogen-bond donors (Lipinski definition) is 2. The summed E-state index contributed by atoms with van der Waals surface area (Å²) in [5.74, 6) is -1.21. The molecule has 2 N–H and O–H groups in total. The van der Waals surface area contributed by atoms with Gasteiger partial charge in [-0.25, -0.2) is 9.59 Å². The largest absolute Gasteiger partial charge is 0.478 e. The van der Waals surface area contributed by atoms with Gasteiger partial charge in [-0.2, -0.15) is 0 Å². The Bertz CT molecular complexity index is 588. The third kappa shape index (κ3) is 6.89. The summed E-state index contributed by atoms with van der Waals surface area (Å²) in [6.45, 7) is 8.60. The lowest BCUT2D eigenvalue weighted by Crippen LogP contribution is -2.14. The number of benzene rings is 1. The molecule has 0 aliphatic heterocycles. The maximum Gasteiger partial charge on any atom is 0.336 e. The van der Waals surface area contributed by atoms with Gasteiger partial charge in [-0.05, 0) is 48.3 Å². The van der Waals surface area contributed by atoms with Gasteiger partial charge in [-0.1, -0.05) is 59.4 Å². The van der Waals surface area contributed by atoms with E-state index in [0.717, 1.165) is 31.2 Å². The molecule has 0 aromatic heterocycles. The standard InChI is InChI=1S/C21H32O4/c1-14(2)9-7-5-6-8-10-17-16(13-15(3)4)11-12-18(20(22)23)19(17)21(24)25/h11-12,14-15H,5-10,13H2,1-4H3,(H,22,23)(H,24,25). The SMILES string of the molecule is CC(C)CCCCCCc1c(CC(C)C)ccc(C(=O)O)c1C(=O)O. The lowest BCUT2D eigenvalue weighted by atomic mass is 9.88. The highest BCUT2D eigenvalue weighted by Crippen LogP contribution is 2.25. The lowest BCUT2D eigenvalue weighted by molar-refractivity contribution is 0.0650. The summed E-state index contributed by atoms with van der Waals surface area (Å²) in [7, 11) is 0. The predicted octanol–water partition coefficient (Wildman–Crippen LogP) is 5.43. The van der Waals surface area contributed by atoms with Gasteiger partial charge >= 0.3 is 11.9 Å². The van der Waals surface area contributed by atoms with Crippen molar-refractivity contribution in [1.82, 2.24) is 0 Å². The smallest absolute Gasteiger partial charge is 0.336 e. The average molecular weight is 348 g/mol. The van der Waals surface area contributed by atoms with Crippen molar-refractivity contribution in [3.8, 4) is 0 Å². The van der Waals surface area contributed by atoms with E-state index in [4.69, 9.17) is 0 Å². The van der Waals surface area contributed by atoms with E-state index < -0.39 is 11.9 Å². The van der Waals surface area contributed by atoms with Crippen LogP contribution < -0.4 is 0 Å². The van der Waals surface area contributed by atoms with Gasteiger partial charge < -0.3 is 10.2 Å². The van der Waals surface area contributed by atoms with Gasteiger partial charge in [0.2, 0.25) is 0 Å². The normalized spacial score (nSPS) is 11.3. The fourth-order valence-electron chi connectivity index (χ4n) is 3.24. The Kier molecular flexibility index (Phi) is 8.67. The number of unbranched alkanes of at least 4 members (excludes halogenated alkanes) is 3. The van der Waals surface area contributed by atoms with Crippen molar-refractivity contribution in [2.75, 3.05) is 0 Å². The molecule has 1 aromatic rings. The van der Waals surface area contributed by atoms with Crippen LogP contribution in [0.4, 0.5) is 0 Å². The number of hydrogen-bond acceptors (Lipinski definition) is 2. The molecular formula is C21H32O4. The highest BCUT2D eigenvalue weighted by Gasteiger charge is 2.22. The number of rotatable bonds is 11. The molecule has 1 aromatic carbocycles. The van der Waals surface area contributed by atoms with Crippen molar-refractivity contribution in [3.05, 3.63) is 34.4 Å². The van der Waals surface area contributed by atoms with Crippen LogP contribution in [0.1, 0.15) is 91.6 Å². The minimum absolute atomic E-state index is 0.0205. The summed E-state index contributed by atoms with van der Waals surface area (Å²) in [5.41, 5.74) is 1.56. The minimum atomic E-state index is -1.17. The summed E-state index contributed by atoms with van der Waals surface area (Å²) < 4.78 is 0. The zero-order valence-electron chi connectivity index (χ0n) is 16.0. The van der Waals surface area contributed by atoms with Gasteiger partial charge in [0.1, 0.15) is 0 Å². The van der Waals surface area contributed by atoms with Crippen LogP contribution in [0, 0.1) is 11.8 Å². The molecule has 0 heterocycles. The number of carboxylic acid groups (broad SMARTS) is 2. The summed E-state index contributed by atoms with van der Waals surface area (Å²) >= 11 is 0. The highest BCUT2D eigenvalue weighted by molar-refractivity contribution is 6.03. The van der Waals surface area contributed by atoms with Gasteiger partial charge in [-0.3, -0.25) is 0 Å². The zero-order valence-corrected chi connectivity index (χ0v) is 16.0. The third-order valence-corrected chi connectivity index (χ3v) is 4.44. The first-order chi connectivity index (χ1) is 11.7. The number of carbonyl (C=O) groups is 2. The summed E-state index contributed by atoms with van der Waals surface area (Å²) in [5, 5.41) is 18.9. The van der Waals surface area contributed by atoms with Crippen LogP contribution in [0.15, 0.2) is 12.1 Å². The molecule has 0 spiro atoms. The molecular weight excluding hydrogens is 316 g/mol. The Balaban J connectivity index is 2.96. The summed E-state index contributed by atoms with van der Waals surface area (Å²) in [4.78, 5) is 23.2. The van der Waals surface area contributed by atoms with Gasteiger partial charge in [0, 0.05) is 0 Å². The Labute approximate surface area is 151 Å². The average Bonchev–Trinajstić information content (AvgIpc) is 2.49. The van der Waals surface area contributed by atoms with Gasteiger partial charge in [-0.15, -0.1) is 0 Å². The van der Waals surface area contributed by atoms with E-state index in [1.54, 1.807) is 6.07 Å². The second-order valence-electron chi connectivity index (χ2n) is 7.68. The van der Waals surface area contributed by atoms with Crippen molar-refractivity contribution < 1.29 is 19.8 Å². The molecule has 4 nitrogen and oxygen atoms in total. The summed E-state index contributed by atoms with van der Waals surface area (Å²) in [6, 6.07) is 3.24. The molecule has 0 saturated heterocycles. The van der Waals surface area contributed by atoms with Crippen LogP contribution in [0.25, 0.3) is 0 Å². The van der Waals surface area contributed by atoms with Crippen LogP contribution in [-0.4, -0.2) is 22.2 Å². The van der Waals surface area contributed by atoms with E-state index >= 15 is 0 Å². The van der Waals surface area contributed by atoms with Crippen molar-refractivity contribution in [3.63, 3.8) is 0 Å². The maximum atomic E-state index is 11.7. The minimum Gasteiger partial charge on any atom is -0.478 e. The Morgan fingerprint density at radius 3 is 2.04 bits per heavy atom. The molecule has 4 heteroatoms. The molecule has 0 saturated carbocycles. The highest BCUT2D eigenvalue weighted by atomic mass is 16.4. The van der Waals surface area contributed by atoms with Crippen molar-refractivity contribution in [2.45, 2.75) is 72.6 Å². The molecule has 0 fully saturated rings. The number of aromatic carboxylic acids is 2. The van der Waals surface area contributed by atoms with Crippen LogP contribution in [0.3, 0.4) is 0 Å². The Hall–Kier alpha value is -1.84. The molecule has 140 valence electrons. The summed E-state index contributed by atoms with van der Waals surface area (Å²) in [6.07, 6.45) is 6.88. The van der Waals surface area contributed by atoms with Crippen molar-refractivity contribution >= 4 is 11.9 Å². The maximum absolute atomic E-state index is 11.7. The molecule has 25 heavy (non-hydrogen) atoms. The molecule has 0 amide bonds. The van der Waals surface area contributed by atoms with Crippen LogP contribution in [0.2, 0.25) is 0 Å².